The average molecular weight is 429 g/mol. The Hall–Kier alpha value is -3.20. The third-order valence-corrected chi connectivity index (χ3v) is 4.44. The van der Waals surface area contributed by atoms with Crippen molar-refractivity contribution in [1.29, 1.82) is 0 Å². The lowest BCUT2D eigenvalue weighted by atomic mass is 10.2. The molecular formula is C18H17BrN6O2. The summed E-state index contributed by atoms with van der Waals surface area (Å²) in [6, 6.07) is 17.0. The molecule has 0 saturated heterocycles. The number of rotatable bonds is 6. The van der Waals surface area contributed by atoms with E-state index in [1.165, 1.54) is 4.68 Å². The lowest BCUT2D eigenvalue weighted by Crippen LogP contribution is -2.34. The van der Waals surface area contributed by atoms with Gasteiger partial charge in [-0.25, -0.2) is 4.68 Å². The van der Waals surface area contributed by atoms with Crippen molar-refractivity contribution >= 4 is 39.2 Å². The van der Waals surface area contributed by atoms with Gasteiger partial charge in [0.1, 0.15) is 6.54 Å². The van der Waals surface area contributed by atoms with E-state index in [2.05, 4.69) is 26.2 Å². The van der Waals surface area contributed by atoms with Crippen molar-refractivity contribution in [3.63, 3.8) is 0 Å². The van der Waals surface area contributed by atoms with Crippen molar-refractivity contribution < 1.29 is 9.59 Å². The largest absolute Gasteiger partial charge is 0.382 e. The van der Waals surface area contributed by atoms with Crippen LogP contribution in [-0.4, -0.2) is 26.8 Å². The lowest BCUT2D eigenvalue weighted by Gasteiger charge is -2.23. The molecule has 0 unspecified atom stereocenters. The zero-order chi connectivity index (χ0) is 19.4. The van der Waals surface area contributed by atoms with Crippen LogP contribution >= 0.6 is 15.9 Å². The Balaban J connectivity index is 1.88. The van der Waals surface area contributed by atoms with Gasteiger partial charge in [0, 0.05) is 10.2 Å². The first kappa shape index (κ1) is 18.6. The summed E-state index contributed by atoms with van der Waals surface area (Å²) in [5.41, 5.74) is 12.6. The van der Waals surface area contributed by atoms with E-state index < -0.39 is 5.91 Å². The molecule has 0 aliphatic heterocycles. The van der Waals surface area contributed by atoms with E-state index in [9.17, 15) is 9.59 Å². The van der Waals surface area contributed by atoms with E-state index in [0.29, 0.717) is 6.54 Å². The number of nitrogen functional groups attached to an aromatic ring is 1. The molecule has 2 aromatic carbocycles. The molecule has 27 heavy (non-hydrogen) atoms. The van der Waals surface area contributed by atoms with Gasteiger partial charge in [-0.1, -0.05) is 51.5 Å². The Labute approximate surface area is 163 Å². The maximum atomic E-state index is 13.0. The third kappa shape index (κ3) is 4.32. The van der Waals surface area contributed by atoms with Crippen LogP contribution in [0.1, 0.15) is 16.1 Å². The highest BCUT2D eigenvalue weighted by Gasteiger charge is 2.21. The summed E-state index contributed by atoms with van der Waals surface area (Å²) < 4.78 is 2.07. The molecule has 0 spiro atoms. The molecule has 9 heteroatoms. The molecule has 0 radical (unpaired) electrons. The predicted octanol–water partition coefficient (Wildman–Crippen LogP) is 1.96. The molecule has 0 bridgehead atoms. The Morgan fingerprint density at radius 2 is 1.74 bits per heavy atom. The summed E-state index contributed by atoms with van der Waals surface area (Å²) in [4.78, 5) is 25.9. The molecule has 1 aromatic heterocycles. The van der Waals surface area contributed by atoms with Crippen LogP contribution in [0.15, 0.2) is 59.1 Å². The van der Waals surface area contributed by atoms with Crippen molar-refractivity contribution in [2.24, 2.45) is 5.73 Å². The Kier molecular flexibility index (Phi) is 5.51. The van der Waals surface area contributed by atoms with E-state index in [-0.39, 0.29) is 24.0 Å². The van der Waals surface area contributed by atoms with Crippen LogP contribution in [0, 0.1) is 0 Å². The number of carbonyl (C=O) groups excluding carboxylic acids is 2. The van der Waals surface area contributed by atoms with Gasteiger partial charge in [0.25, 0.3) is 5.91 Å². The summed E-state index contributed by atoms with van der Waals surface area (Å²) >= 11 is 3.39. The van der Waals surface area contributed by atoms with Crippen molar-refractivity contribution in [2.75, 3.05) is 10.6 Å². The van der Waals surface area contributed by atoms with Crippen LogP contribution in [0.5, 0.6) is 0 Å². The molecule has 2 amide bonds. The van der Waals surface area contributed by atoms with Gasteiger partial charge in [-0.2, -0.15) is 0 Å². The summed E-state index contributed by atoms with van der Waals surface area (Å²) in [5, 5.41) is 7.39. The van der Waals surface area contributed by atoms with Gasteiger partial charge in [-0.3, -0.25) is 9.59 Å². The van der Waals surface area contributed by atoms with Crippen LogP contribution in [0.3, 0.4) is 0 Å². The van der Waals surface area contributed by atoms with Crippen LogP contribution < -0.4 is 16.4 Å². The summed E-state index contributed by atoms with van der Waals surface area (Å²) in [6.45, 7) is 0.202. The molecule has 8 nitrogen and oxygen atoms in total. The number of halogens is 1. The van der Waals surface area contributed by atoms with Gasteiger partial charge in [-0.15, -0.1) is 5.10 Å². The molecule has 3 aromatic rings. The van der Waals surface area contributed by atoms with Gasteiger partial charge >= 0.3 is 0 Å². The summed E-state index contributed by atoms with van der Waals surface area (Å²) in [5.74, 6) is -1.08. The smallest absolute Gasteiger partial charge is 0.273 e. The fourth-order valence-electron chi connectivity index (χ4n) is 2.54. The van der Waals surface area contributed by atoms with Gasteiger partial charge < -0.3 is 16.4 Å². The number of nitrogens with two attached hydrogens (primary N) is 2. The number of hydrogen-bond acceptors (Lipinski definition) is 5. The maximum Gasteiger partial charge on any atom is 0.273 e. The second-order valence-corrected chi connectivity index (χ2v) is 6.70. The molecule has 0 atom stereocenters. The van der Waals surface area contributed by atoms with Crippen LogP contribution in [0.25, 0.3) is 0 Å². The molecule has 0 saturated carbocycles. The quantitative estimate of drug-likeness (QED) is 0.621. The zero-order valence-corrected chi connectivity index (χ0v) is 15.8. The minimum atomic E-state index is -0.791. The Bertz CT molecular complexity index is 956. The van der Waals surface area contributed by atoms with Crippen LogP contribution in [-0.2, 0) is 17.9 Å². The number of nitrogens with zero attached hydrogens (tertiary/aromatic N) is 4. The van der Waals surface area contributed by atoms with E-state index in [4.69, 9.17) is 11.5 Å². The number of primary amides is 1. The first-order valence-electron chi connectivity index (χ1n) is 8.04. The standard InChI is InChI=1S/C18H17BrN6O2/c19-13-6-8-14(9-7-13)24(10-12-4-2-1-3-5-12)15(26)11-25-17(20)16(18(21)27)22-23-25/h1-9H,10-11,20H2,(H2,21,27). The molecule has 138 valence electrons. The van der Waals surface area contributed by atoms with Crippen LogP contribution in [0.4, 0.5) is 11.5 Å². The molecule has 0 aliphatic rings. The molecule has 0 aliphatic carbocycles. The maximum absolute atomic E-state index is 13.0. The second kappa shape index (κ2) is 8.00. The zero-order valence-electron chi connectivity index (χ0n) is 14.2. The number of carbonyl (C=O) groups is 2. The van der Waals surface area contributed by atoms with Gasteiger partial charge in [-0.05, 0) is 29.8 Å². The third-order valence-electron chi connectivity index (χ3n) is 3.91. The highest BCUT2D eigenvalue weighted by atomic mass is 79.9. The van der Waals surface area contributed by atoms with Crippen molar-refractivity contribution in [2.45, 2.75) is 13.1 Å². The molecular weight excluding hydrogens is 412 g/mol. The molecule has 1 heterocycles. The normalized spacial score (nSPS) is 10.6. The minimum Gasteiger partial charge on any atom is -0.382 e. The van der Waals surface area contributed by atoms with Crippen molar-refractivity contribution in [3.05, 3.63) is 70.3 Å². The number of amides is 2. The molecule has 3 rings (SSSR count). The first-order valence-corrected chi connectivity index (χ1v) is 8.83. The van der Waals surface area contributed by atoms with Crippen molar-refractivity contribution in [1.82, 2.24) is 15.0 Å². The van der Waals surface area contributed by atoms with E-state index in [0.717, 1.165) is 15.7 Å². The highest BCUT2D eigenvalue weighted by Crippen LogP contribution is 2.21. The fourth-order valence-corrected chi connectivity index (χ4v) is 2.80. The van der Waals surface area contributed by atoms with E-state index in [1.54, 1.807) is 4.90 Å². The molecule has 0 fully saturated rings. The second-order valence-electron chi connectivity index (χ2n) is 5.79. The Morgan fingerprint density at radius 1 is 1.07 bits per heavy atom. The summed E-state index contributed by atoms with van der Waals surface area (Å²) in [6.07, 6.45) is 0. The fraction of sp³-hybridized carbons (Fsp3) is 0.111. The average Bonchev–Trinajstić information content (AvgIpc) is 3.02. The Morgan fingerprint density at radius 3 is 2.33 bits per heavy atom. The van der Waals surface area contributed by atoms with Gasteiger partial charge in [0.2, 0.25) is 5.91 Å². The topological polar surface area (TPSA) is 120 Å². The van der Waals surface area contributed by atoms with E-state index in [1.807, 2.05) is 54.6 Å². The van der Waals surface area contributed by atoms with Crippen LogP contribution in [0.2, 0.25) is 0 Å². The van der Waals surface area contributed by atoms with E-state index >= 15 is 0 Å². The SMILES string of the molecule is NC(=O)c1nnn(CC(=O)N(Cc2ccccc2)c2ccc(Br)cc2)c1N. The minimum absolute atomic E-state index is 0.0358. The number of aromatic nitrogens is 3. The highest BCUT2D eigenvalue weighted by molar-refractivity contribution is 9.10. The van der Waals surface area contributed by atoms with Gasteiger partial charge in [0.05, 0.1) is 6.54 Å². The number of hydrogen-bond donors (Lipinski definition) is 2. The number of anilines is 2. The lowest BCUT2D eigenvalue weighted by molar-refractivity contribution is -0.119. The molecule has 4 N–H and O–H groups in total. The predicted molar refractivity (Wildman–Crippen MR) is 105 cm³/mol. The first-order chi connectivity index (χ1) is 13.0. The van der Waals surface area contributed by atoms with Gasteiger partial charge in [0.15, 0.2) is 11.5 Å². The monoisotopic (exact) mass is 428 g/mol. The number of benzene rings is 2. The summed E-state index contributed by atoms with van der Waals surface area (Å²) in [7, 11) is 0. The van der Waals surface area contributed by atoms with Crippen molar-refractivity contribution in [3.8, 4) is 0 Å².